The van der Waals surface area contributed by atoms with Crippen LogP contribution >= 0.6 is 11.6 Å². The normalized spacial score (nSPS) is 12.8. The molecule has 2 rings (SSSR count). The minimum Gasteiger partial charge on any atom is -0.346 e. The van der Waals surface area contributed by atoms with Crippen molar-refractivity contribution in [1.82, 2.24) is 15.1 Å². The lowest BCUT2D eigenvalue weighted by Gasteiger charge is -2.13. The maximum Gasteiger partial charge on any atom is 0.244 e. The Balaban J connectivity index is 2.07. The first-order valence-corrected chi connectivity index (χ1v) is 8.73. The summed E-state index contributed by atoms with van der Waals surface area (Å²) < 4.78 is 28.0. The average Bonchev–Trinajstić information content (AvgIpc) is 2.81. The molecule has 2 aromatic rings. The van der Waals surface area contributed by atoms with Gasteiger partial charge in [-0.05, 0) is 43.5 Å². The number of carbonyl (C=O) groups excluding carboxylic acids is 1. The van der Waals surface area contributed by atoms with Crippen LogP contribution in [0.25, 0.3) is 6.08 Å². The van der Waals surface area contributed by atoms with Crippen LogP contribution in [0.1, 0.15) is 43.6 Å². The number of benzene rings is 1. The van der Waals surface area contributed by atoms with E-state index in [0.717, 1.165) is 17.8 Å². The maximum atomic E-state index is 13.3. The van der Waals surface area contributed by atoms with Crippen molar-refractivity contribution >= 4 is 23.6 Å². The van der Waals surface area contributed by atoms with Crippen LogP contribution in [0, 0.1) is 24.5 Å². The molecule has 0 aliphatic heterocycles. The first kappa shape index (κ1) is 20.1. The van der Waals surface area contributed by atoms with Gasteiger partial charge >= 0.3 is 0 Å². The highest BCUT2D eigenvalue weighted by atomic mass is 35.5. The van der Waals surface area contributed by atoms with Crippen LogP contribution in [0.5, 0.6) is 0 Å². The number of hydrogen-bond acceptors (Lipinski definition) is 2. The predicted octanol–water partition coefficient (Wildman–Crippen LogP) is 4.67. The molecule has 1 aromatic heterocycles. The van der Waals surface area contributed by atoms with E-state index in [-0.39, 0.29) is 5.91 Å². The van der Waals surface area contributed by atoms with E-state index in [1.807, 2.05) is 6.92 Å². The molecule has 26 heavy (non-hydrogen) atoms. The highest BCUT2D eigenvalue weighted by molar-refractivity contribution is 6.31. The zero-order valence-electron chi connectivity index (χ0n) is 15.2. The first-order valence-electron chi connectivity index (χ1n) is 8.35. The van der Waals surface area contributed by atoms with Gasteiger partial charge < -0.3 is 5.32 Å². The summed E-state index contributed by atoms with van der Waals surface area (Å²) >= 11 is 6.33. The summed E-state index contributed by atoms with van der Waals surface area (Å²) in [7, 11) is 0. The number of aryl methyl sites for hydroxylation is 1. The van der Waals surface area contributed by atoms with Gasteiger partial charge in [-0.15, -0.1) is 0 Å². The molecule has 1 unspecified atom stereocenters. The van der Waals surface area contributed by atoms with Crippen LogP contribution in [-0.2, 0) is 11.3 Å². The Morgan fingerprint density at radius 3 is 2.62 bits per heavy atom. The van der Waals surface area contributed by atoms with Gasteiger partial charge in [0.15, 0.2) is 11.6 Å². The van der Waals surface area contributed by atoms with Crippen LogP contribution in [0.2, 0.25) is 5.15 Å². The quantitative estimate of drug-likeness (QED) is 0.739. The lowest BCUT2D eigenvalue weighted by molar-refractivity contribution is -0.117. The zero-order chi connectivity index (χ0) is 19.4. The molecule has 0 aliphatic carbocycles. The van der Waals surface area contributed by atoms with Crippen molar-refractivity contribution in [2.24, 2.45) is 5.92 Å². The van der Waals surface area contributed by atoms with Gasteiger partial charge in [0.25, 0.3) is 0 Å². The molecule has 140 valence electrons. The Morgan fingerprint density at radius 2 is 2.00 bits per heavy atom. The van der Waals surface area contributed by atoms with Gasteiger partial charge in [-0.3, -0.25) is 9.48 Å². The van der Waals surface area contributed by atoms with E-state index in [0.29, 0.717) is 28.7 Å². The molecule has 0 radical (unpaired) electrons. The van der Waals surface area contributed by atoms with Crippen molar-refractivity contribution in [3.63, 3.8) is 0 Å². The molecular weight excluding hydrogens is 360 g/mol. The van der Waals surface area contributed by atoms with Gasteiger partial charge in [-0.25, -0.2) is 8.78 Å². The fourth-order valence-corrected chi connectivity index (χ4v) is 2.82. The van der Waals surface area contributed by atoms with Crippen molar-refractivity contribution in [3.8, 4) is 0 Å². The fourth-order valence-electron chi connectivity index (χ4n) is 2.51. The molecule has 1 aromatic carbocycles. The summed E-state index contributed by atoms with van der Waals surface area (Å²) in [6.07, 6.45) is 2.96. The molecule has 0 fully saturated rings. The first-order chi connectivity index (χ1) is 12.2. The fraction of sp³-hybridized carbons (Fsp3) is 0.368. The van der Waals surface area contributed by atoms with Gasteiger partial charge in [0, 0.05) is 18.2 Å². The standard InChI is InChI=1S/C19H22ClF2N3O/c1-11(2)10-25-19(20)15(13(4)24-25)6-8-18(26)23-12(3)14-5-7-16(21)17(22)9-14/h5-9,11-12H,10H2,1-4H3,(H,23,26)/b8-6+. The third-order valence-corrected chi connectivity index (χ3v) is 4.25. The van der Waals surface area contributed by atoms with Gasteiger partial charge in [0.05, 0.1) is 11.7 Å². The van der Waals surface area contributed by atoms with Gasteiger partial charge in [0.2, 0.25) is 5.91 Å². The number of carbonyl (C=O) groups is 1. The van der Waals surface area contributed by atoms with Crippen LogP contribution in [0.4, 0.5) is 8.78 Å². The number of aromatic nitrogens is 2. The molecule has 1 amide bonds. The van der Waals surface area contributed by atoms with E-state index in [1.165, 1.54) is 12.1 Å². The molecule has 0 bridgehead atoms. The Labute approximate surface area is 156 Å². The Morgan fingerprint density at radius 1 is 1.31 bits per heavy atom. The van der Waals surface area contributed by atoms with Crippen LogP contribution in [0.3, 0.4) is 0 Å². The SMILES string of the molecule is Cc1nn(CC(C)C)c(Cl)c1/C=C/C(=O)NC(C)c1ccc(F)c(F)c1. The number of nitrogens with zero attached hydrogens (tertiary/aromatic N) is 2. The predicted molar refractivity (Wildman–Crippen MR) is 98.8 cm³/mol. The van der Waals surface area contributed by atoms with Crippen LogP contribution < -0.4 is 5.32 Å². The summed E-state index contributed by atoms with van der Waals surface area (Å²) in [5.74, 6) is -1.84. The summed E-state index contributed by atoms with van der Waals surface area (Å²) in [6, 6.07) is 3.07. The molecule has 0 saturated carbocycles. The molecule has 1 atom stereocenters. The van der Waals surface area contributed by atoms with Crippen molar-refractivity contribution in [2.75, 3.05) is 0 Å². The lowest BCUT2D eigenvalue weighted by Crippen LogP contribution is -2.24. The van der Waals surface area contributed by atoms with E-state index < -0.39 is 17.7 Å². The molecule has 7 heteroatoms. The molecular formula is C19H22ClF2N3O. The number of rotatable bonds is 6. The third kappa shape index (κ3) is 4.91. The van der Waals surface area contributed by atoms with E-state index in [9.17, 15) is 13.6 Å². The van der Waals surface area contributed by atoms with Crippen molar-refractivity contribution in [1.29, 1.82) is 0 Å². The molecule has 0 saturated heterocycles. The molecule has 1 heterocycles. The second kappa shape index (κ2) is 8.45. The zero-order valence-corrected chi connectivity index (χ0v) is 15.9. The topological polar surface area (TPSA) is 46.9 Å². The van der Waals surface area contributed by atoms with E-state index >= 15 is 0 Å². The maximum absolute atomic E-state index is 13.3. The highest BCUT2D eigenvalue weighted by Gasteiger charge is 2.14. The van der Waals surface area contributed by atoms with Gasteiger partial charge in [0.1, 0.15) is 5.15 Å². The molecule has 1 N–H and O–H groups in total. The van der Waals surface area contributed by atoms with Crippen molar-refractivity contribution in [2.45, 2.75) is 40.3 Å². The van der Waals surface area contributed by atoms with Gasteiger partial charge in [-0.1, -0.05) is 31.5 Å². The highest BCUT2D eigenvalue weighted by Crippen LogP contribution is 2.22. The lowest BCUT2D eigenvalue weighted by atomic mass is 10.1. The van der Waals surface area contributed by atoms with E-state index in [2.05, 4.69) is 24.3 Å². The minimum absolute atomic E-state index is 0.366. The average molecular weight is 382 g/mol. The van der Waals surface area contributed by atoms with Crippen molar-refractivity contribution < 1.29 is 13.6 Å². The summed E-state index contributed by atoms with van der Waals surface area (Å²) in [4.78, 5) is 12.1. The second-order valence-electron chi connectivity index (χ2n) is 6.60. The summed E-state index contributed by atoms with van der Waals surface area (Å²) in [5, 5.41) is 7.57. The molecule has 4 nitrogen and oxygen atoms in total. The number of amides is 1. The molecule has 0 spiro atoms. The van der Waals surface area contributed by atoms with Gasteiger partial charge in [-0.2, -0.15) is 5.10 Å². The summed E-state index contributed by atoms with van der Waals surface area (Å²) in [5.41, 5.74) is 1.89. The van der Waals surface area contributed by atoms with Crippen LogP contribution in [0.15, 0.2) is 24.3 Å². The number of hydrogen-bond donors (Lipinski definition) is 1. The third-order valence-electron chi connectivity index (χ3n) is 3.85. The number of halogens is 3. The Kier molecular flexibility index (Phi) is 6.53. The Hall–Kier alpha value is -2.21. The number of nitrogens with one attached hydrogen (secondary N) is 1. The molecule has 0 aliphatic rings. The smallest absolute Gasteiger partial charge is 0.244 e. The Bertz CT molecular complexity index is 830. The van der Waals surface area contributed by atoms with E-state index in [4.69, 9.17) is 11.6 Å². The van der Waals surface area contributed by atoms with Crippen LogP contribution in [-0.4, -0.2) is 15.7 Å². The summed E-state index contributed by atoms with van der Waals surface area (Å²) in [6.45, 7) is 8.33. The van der Waals surface area contributed by atoms with Crippen molar-refractivity contribution in [3.05, 3.63) is 57.9 Å². The van der Waals surface area contributed by atoms with E-state index in [1.54, 1.807) is 17.7 Å². The largest absolute Gasteiger partial charge is 0.346 e. The monoisotopic (exact) mass is 381 g/mol. The minimum atomic E-state index is -0.945. The second-order valence-corrected chi connectivity index (χ2v) is 6.96.